The van der Waals surface area contributed by atoms with Crippen molar-refractivity contribution in [1.29, 1.82) is 0 Å². The largest absolute Gasteiger partial charge is 0.340 e. The summed E-state index contributed by atoms with van der Waals surface area (Å²) in [5.74, 6) is 1.11. The van der Waals surface area contributed by atoms with Gasteiger partial charge in [0.15, 0.2) is 11.0 Å². The van der Waals surface area contributed by atoms with Gasteiger partial charge in [-0.25, -0.2) is 12.8 Å². The number of hydrogen-bond donors (Lipinski definition) is 0. The molecule has 42 heavy (non-hydrogen) atoms. The molecule has 220 valence electrons. The van der Waals surface area contributed by atoms with E-state index in [2.05, 4.69) is 46.0 Å². The van der Waals surface area contributed by atoms with Gasteiger partial charge in [0.1, 0.15) is 5.82 Å². The van der Waals surface area contributed by atoms with Crippen molar-refractivity contribution < 1.29 is 17.6 Å². The number of piperazine rings is 1. The number of rotatable bonds is 10. The number of carbonyl (C=O) groups excluding carboxylic acids is 1. The smallest absolute Gasteiger partial charge is 0.243 e. The van der Waals surface area contributed by atoms with Crippen molar-refractivity contribution in [3.8, 4) is 17.1 Å². The van der Waals surface area contributed by atoms with Gasteiger partial charge in [0.25, 0.3) is 0 Å². The second kappa shape index (κ2) is 13.2. The van der Waals surface area contributed by atoms with Crippen LogP contribution in [-0.4, -0.2) is 69.7 Å². The van der Waals surface area contributed by atoms with Crippen LogP contribution in [0.15, 0.2) is 88.9 Å². The van der Waals surface area contributed by atoms with E-state index in [1.165, 1.54) is 22.0 Å². The lowest BCUT2D eigenvalue weighted by Gasteiger charge is -2.39. The molecule has 0 aliphatic carbocycles. The number of thioether (sulfide) groups is 1. The Kier molecular flexibility index (Phi) is 9.40. The first kappa shape index (κ1) is 29.9. The number of sulfonamides is 1. The Morgan fingerprint density at radius 2 is 1.67 bits per heavy atom. The number of amides is 1. The number of carbonyl (C=O) groups is 1. The van der Waals surface area contributed by atoms with Crippen LogP contribution in [0.5, 0.6) is 0 Å². The standard InChI is InChI=1S/C31H34FN5O3S2/c1-23-11-13-25(14-12-23)30-33-34-31(37(30)27-8-4-3-5-9-27)41-21-7-6-10-29(38)35-19-20-36(24(2)22-35)42(39,40)28-17-15-26(32)16-18-28/h3-5,8-9,11-18,24H,6-7,10,19-22H2,1-2H3. The number of aromatic nitrogens is 3. The summed E-state index contributed by atoms with van der Waals surface area (Å²) >= 11 is 1.62. The Morgan fingerprint density at radius 3 is 2.36 bits per heavy atom. The Morgan fingerprint density at radius 1 is 0.952 bits per heavy atom. The normalized spacial score (nSPS) is 16.1. The van der Waals surface area contributed by atoms with Crippen LogP contribution >= 0.6 is 11.8 Å². The van der Waals surface area contributed by atoms with E-state index < -0.39 is 15.8 Å². The van der Waals surface area contributed by atoms with Crippen LogP contribution in [0, 0.1) is 12.7 Å². The van der Waals surface area contributed by atoms with Gasteiger partial charge in [-0.2, -0.15) is 4.31 Å². The molecule has 1 unspecified atom stereocenters. The maximum absolute atomic E-state index is 13.3. The van der Waals surface area contributed by atoms with Crippen LogP contribution in [0.1, 0.15) is 31.7 Å². The maximum atomic E-state index is 13.3. The molecule has 0 spiro atoms. The molecule has 5 rings (SSSR count). The van der Waals surface area contributed by atoms with Gasteiger partial charge in [-0.15, -0.1) is 10.2 Å². The summed E-state index contributed by atoms with van der Waals surface area (Å²) < 4.78 is 42.8. The topological polar surface area (TPSA) is 88.4 Å². The van der Waals surface area contributed by atoms with E-state index in [-0.39, 0.29) is 23.4 Å². The SMILES string of the molecule is Cc1ccc(-c2nnc(SCCCCC(=O)N3CCN(S(=O)(=O)c4ccc(F)cc4)C(C)C3)n2-c2ccccc2)cc1. The van der Waals surface area contributed by atoms with Gasteiger partial charge in [-0.1, -0.05) is 59.8 Å². The third-order valence-corrected chi connectivity index (χ3v) is 10.4. The summed E-state index contributed by atoms with van der Waals surface area (Å²) in [5, 5.41) is 9.79. The van der Waals surface area contributed by atoms with Crippen molar-refractivity contribution in [3.05, 3.63) is 90.2 Å². The van der Waals surface area contributed by atoms with E-state index in [0.29, 0.717) is 19.5 Å². The molecule has 0 radical (unpaired) electrons. The van der Waals surface area contributed by atoms with Gasteiger partial charge < -0.3 is 4.90 Å². The Bertz CT molecular complexity index is 1610. The quantitative estimate of drug-likeness (QED) is 0.173. The molecule has 2 heterocycles. The number of halogens is 1. The predicted molar refractivity (Wildman–Crippen MR) is 162 cm³/mol. The summed E-state index contributed by atoms with van der Waals surface area (Å²) in [6, 6.07) is 22.7. The zero-order chi connectivity index (χ0) is 29.7. The van der Waals surface area contributed by atoms with Gasteiger partial charge in [-0.3, -0.25) is 9.36 Å². The van der Waals surface area contributed by atoms with E-state index in [0.717, 1.165) is 53.0 Å². The highest BCUT2D eigenvalue weighted by Crippen LogP contribution is 2.29. The summed E-state index contributed by atoms with van der Waals surface area (Å²) in [4.78, 5) is 14.7. The molecular weight excluding hydrogens is 574 g/mol. The molecule has 0 N–H and O–H groups in total. The Balaban J connectivity index is 1.14. The molecule has 1 aliphatic heterocycles. The second-order valence-electron chi connectivity index (χ2n) is 10.4. The van der Waals surface area contributed by atoms with Crippen molar-refractivity contribution in [2.24, 2.45) is 0 Å². The number of para-hydroxylation sites is 1. The highest BCUT2D eigenvalue weighted by atomic mass is 32.2. The fraction of sp³-hybridized carbons (Fsp3) is 0.323. The highest BCUT2D eigenvalue weighted by molar-refractivity contribution is 7.99. The first-order valence-electron chi connectivity index (χ1n) is 14.0. The molecule has 1 atom stereocenters. The molecule has 0 saturated carbocycles. The van der Waals surface area contributed by atoms with Crippen molar-refractivity contribution in [2.45, 2.75) is 49.2 Å². The van der Waals surface area contributed by atoms with Crippen LogP contribution in [0.25, 0.3) is 17.1 Å². The van der Waals surface area contributed by atoms with Crippen LogP contribution < -0.4 is 0 Å². The molecule has 1 fully saturated rings. The predicted octanol–water partition coefficient (Wildman–Crippen LogP) is 5.57. The minimum Gasteiger partial charge on any atom is -0.340 e. The first-order chi connectivity index (χ1) is 20.2. The summed E-state index contributed by atoms with van der Waals surface area (Å²) in [6.07, 6.45) is 1.95. The molecule has 3 aromatic carbocycles. The van der Waals surface area contributed by atoms with Crippen molar-refractivity contribution in [2.75, 3.05) is 25.4 Å². The zero-order valence-electron chi connectivity index (χ0n) is 23.7. The van der Waals surface area contributed by atoms with Crippen molar-refractivity contribution >= 4 is 27.7 Å². The monoisotopic (exact) mass is 607 g/mol. The molecule has 4 aromatic rings. The van der Waals surface area contributed by atoms with Crippen molar-refractivity contribution in [1.82, 2.24) is 24.0 Å². The highest BCUT2D eigenvalue weighted by Gasteiger charge is 2.35. The molecule has 1 aliphatic rings. The van der Waals surface area contributed by atoms with Gasteiger partial charge in [0, 0.05) is 49.1 Å². The van der Waals surface area contributed by atoms with E-state index in [4.69, 9.17) is 0 Å². The molecule has 1 saturated heterocycles. The molecular formula is C31H34FN5O3S2. The fourth-order valence-corrected chi connectivity index (χ4v) is 7.59. The maximum Gasteiger partial charge on any atom is 0.243 e. The number of aryl methyl sites for hydroxylation is 1. The third kappa shape index (κ3) is 6.74. The number of benzene rings is 3. The van der Waals surface area contributed by atoms with Gasteiger partial charge >= 0.3 is 0 Å². The Labute approximate surface area is 250 Å². The number of hydrogen-bond acceptors (Lipinski definition) is 6. The van der Waals surface area contributed by atoms with Crippen LogP contribution in [0.3, 0.4) is 0 Å². The van der Waals surface area contributed by atoms with E-state index in [1.54, 1.807) is 23.6 Å². The van der Waals surface area contributed by atoms with Gasteiger partial charge in [0.05, 0.1) is 4.90 Å². The van der Waals surface area contributed by atoms with Crippen LogP contribution in [-0.2, 0) is 14.8 Å². The fourth-order valence-electron chi connectivity index (χ4n) is 5.03. The van der Waals surface area contributed by atoms with Crippen LogP contribution in [0.2, 0.25) is 0 Å². The lowest BCUT2D eigenvalue weighted by atomic mass is 10.1. The Hall–Kier alpha value is -3.54. The van der Waals surface area contributed by atoms with E-state index in [9.17, 15) is 17.6 Å². The molecule has 8 nitrogen and oxygen atoms in total. The summed E-state index contributed by atoms with van der Waals surface area (Å²) in [7, 11) is -3.76. The average Bonchev–Trinajstić information content (AvgIpc) is 3.41. The second-order valence-corrected chi connectivity index (χ2v) is 13.4. The summed E-state index contributed by atoms with van der Waals surface area (Å²) in [5.41, 5.74) is 3.17. The van der Waals surface area contributed by atoms with Gasteiger partial charge in [-0.05, 0) is 63.1 Å². The summed E-state index contributed by atoms with van der Waals surface area (Å²) in [6.45, 7) is 4.72. The lowest BCUT2D eigenvalue weighted by Crippen LogP contribution is -2.55. The minimum absolute atomic E-state index is 0.0276. The molecule has 11 heteroatoms. The molecule has 0 bridgehead atoms. The molecule has 1 amide bonds. The van der Waals surface area contributed by atoms with E-state index in [1.807, 2.05) is 30.3 Å². The zero-order valence-corrected chi connectivity index (χ0v) is 25.3. The first-order valence-corrected chi connectivity index (χ1v) is 16.4. The minimum atomic E-state index is -3.76. The van der Waals surface area contributed by atoms with Gasteiger partial charge in [0.2, 0.25) is 15.9 Å². The van der Waals surface area contributed by atoms with Crippen LogP contribution in [0.4, 0.5) is 4.39 Å². The lowest BCUT2D eigenvalue weighted by molar-refractivity contribution is -0.133. The number of nitrogens with zero attached hydrogens (tertiary/aromatic N) is 5. The van der Waals surface area contributed by atoms with E-state index >= 15 is 0 Å². The third-order valence-electron chi connectivity index (χ3n) is 7.31. The number of unbranched alkanes of at least 4 members (excludes halogenated alkanes) is 1. The van der Waals surface area contributed by atoms with Crippen molar-refractivity contribution in [3.63, 3.8) is 0 Å². The molecule has 1 aromatic heterocycles. The average molecular weight is 608 g/mol.